The van der Waals surface area contributed by atoms with Crippen LogP contribution in [0.2, 0.25) is 0 Å². The van der Waals surface area contributed by atoms with E-state index in [2.05, 4.69) is 4.18 Å². The lowest BCUT2D eigenvalue weighted by Crippen LogP contribution is -2.62. The highest BCUT2D eigenvalue weighted by Gasteiger charge is 2.50. The van der Waals surface area contributed by atoms with Gasteiger partial charge in [0.25, 0.3) is 0 Å². The summed E-state index contributed by atoms with van der Waals surface area (Å²) in [6.07, 6.45) is -18.1. The number of aliphatic hydroxyl groups excluding tert-OH is 5. The van der Waals surface area contributed by atoms with E-state index in [-0.39, 0.29) is 22.6 Å². The zero-order valence-corrected chi connectivity index (χ0v) is 25.7. The lowest BCUT2D eigenvalue weighted by atomic mass is 9.98. The smallest absolute Gasteiger partial charge is 0.397 e. The molecule has 2 aromatic carbocycles. The normalized spacial score (nSPS) is 31.1. The van der Waals surface area contributed by atoms with Gasteiger partial charge < -0.3 is 69.0 Å². The maximum atomic E-state index is 13.8. The van der Waals surface area contributed by atoms with Crippen molar-refractivity contribution in [1.29, 1.82) is 0 Å². The number of hydrogen-bond acceptors (Lipinski definition) is 18. The molecule has 0 radical (unpaired) electrons. The van der Waals surface area contributed by atoms with Crippen LogP contribution in [0.3, 0.4) is 0 Å². The van der Waals surface area contributed by atoms with Gasteiger partial charge in [0.2, 0.25) is 17.5 Å². The van der Waals surface area contributed by atoms with Gasteiger partial charge in [-0.2, -0.15) is 8.42 Å². The first kappa shape index (κ1) is 35.5. The molecule has 0 aliphatic carbocycles. The molecule has 5 rings (SSSR count). The van der Waals surface area contributed by atoms with Crippen molar-refractivity contribution in [2.75, 3.05) is 13.7 Å². The number of rotatable bonds is 9. The maximum absolute atomic E-state index is 13.8. The fraction of sp³-hybridized carbons (Fsp3) is 0.464. The van der Waals surface area contributed by atoms with E-state index < -0.39 is 112 Å². The third kappa shape index (κ3) is 6.99. The molecule has 3 aromatic rings. The molecule has 9 N–H and O–H groups in total. The van der Waals surface area contributed by atoms with E-state index >= 15 is 0 Å². The SMILES string of the molecule is COc1cc(-c2oc3cc(O)cc(O)c3c(=O)c2O[C@@H]2OC(CO[C@@H]3OC(C)[C@H](O)C(O)[C@@H]3O)[C@@H](OS(=O)(=O)O)[C@H](O)C2O)ccc1O. The number of hydrogen-bond donors (Lipinski definition) is 9. The monoisotopic (exact) mass is 704 g/mol. The molecule has 264 valence electrons. The summed E-state index contributed by atoms with van der Waals surface area (Å²) in [7, 11) is -4.07. The molecule has 2 fully saturated rings. The molecule has 48 heavy (non-hydrogen) atoms. The predicted octanol–water partition coefficient (Wildman–Crippen LogP) is -1.56. The number of ether oxygens (including phenoxy) is 5. The van der Waals surface area contributed by atoms with Gasteiger partial charge in [-0.25, -0.2) is 4.18 Å². The Morgan fingerprint density at radius 1 is 0.854 bits per heavy atom. The first-order chi connectivity index (χ1) is 22.5. The van der Waals surface area contributed by atoms with Crippen molar-refractivity contribution in [3.05, 3.63) is 40.6 Å². The van der Waals surface area contributed by atoms with Crippen LogP contribution in [-0.4, -0.2) is 129 Å². The van der Waals surface area contributed by atoms with E-state index in [0.717, 1.165) is 12.1 Å². The third-order valence-electron chi connectivity index (χ3n) is 7.70. The third-order valence-corrected chi connectivity index (χ3v) is 8.17. The van der Waals surface area contributed by atoms with Crippen LogP contribution in [0, 0.1) is 0 Å². The molecule has 0 saturated carbocycles. The highest BCUT2D eigenvalue weighted by molar-refractivity contribution is 7.80. The molecule has 4 unspecified atom stereocenters. The summed E-state index contributed by atoms with van der Waals surface area (Å²) < 4.78 is 70.2. The zero-order chi connectivity index (χ0) is 35.2. The number of phenols is 3. The molecule has 3 heterocycles. The van der Waals surface area contributed by atoms with Crippen LogP contribution in [0.5, 0.6) is 28.7 Å². The standard InChI is InChI=1S/C28H32O19S/c1-9-18(32)20(34)22(36)27(43-9)42-8-16-25(47-48(38,39)40)21(35)23(37)28(45-16)46-26-19(33)17-13(31)6-11(29)7-15(17)44-24(26)10-3-4-12(30)14(5-10)41-2/h3-7,9,16,18,20-23,25,27-32,34-37H,8H2,1-2H3,(H,38,39,40)/t9?,16?,18-,20?,21+,22-,23?,25+,27+,28-/m0/s1. The summed E-state index contributed by atoms with van der Waals surface area (Å²) in [5, 5.41) is 82.2. The van der Waals surface area contributed by atoms with E-state index in [4.69, 9.17) is 28.1 Å². The van der Waals surface area contributed by atoms with Gasteiger partial charge in [-0.15, -0.1) is 0 Å². The van der Waals surface area contributed by atoms with Gasteiger partial charge in [-0.1, -0.05) is 0 Å². The Bertz CT molecular complexity index is 1810. The van der Waals surface area contributed by atoms with Crippen LogP contribution in [-0.2, 0) is 28.8 Å². The molecule has 10 atom stereocenters. The van der Waals surface area contributed by atoms with Crippen LogP contribution in [0.4, 0.5) is 0 Å². The molecule has 0 bridgehead atoms. The van der Waals surface area contributed by atoms with E-state index in [1.807, 2.05) is 0 Å². The van der Waals surface area contributed by atoms with Gasteiger partial charge in [-0.05, 0) is 25.1 Å². The molecule has 2 aliphatic heterocycles. The highest BCUT2D eigenvalue weighted by atomic mass is 32.3. The van der Waals surface area contributed by atoms with Crippen LogP contribution >= 0.6 is 0 Å². The summed E-state index contributed by atoms with van der Waals surface area (Å²) >= 11 is 0. The van der Waals surface area contributed by atoms with Gasteiger partial charge in [0, 0.05) is 17.7 Å². The van der Waals surface area contributed by atoms with Gasteiger partial charge in [-0.3, -0.25) is 9.35 Å². The van der Waals surface area contributed by atoms with E-state index in [9.17, 15) is 58.6 Å². The largest absolute Gasteiger partial charge is 0.508 e. The van der Waals surface area contributed by atoms with Gasteiger partial charge >= 0.3 is 10.4 Å². The van der Waals surface area contributed by atoms with Crippen molar-refractivity contribution >= 4 is 21.4 Å². The number of phenolic OH excluding ortho intramolecular Hbond substituents is 3. The fourth-order valence-electron chi connectivity index (χ4n) is 5.24. The van der Waals surface area contributed by atoms with Crippen LogP contribution in [0.15, 0.2) is 39.5 Å². The number of methoxy groups -OCH3 is 1. The minimum atomic E-state index is -5.31. The summed E-state index contributed by atoms with van der Waals surface area (Å²) in [4.78, 5) is 13.8. The minimum absolute atomic E-state index is 0.0260. The van der Waals surface area contributed by atoms with Gasteiger partial charge in [0.1, 0.15) is 65.2 Å². The zero-order valence-electron chi connectivity index (χ0n) is 24.9. The van der Waals surface area contributed by atoms with Crippen LogP contribution in [0.25, 0.3) is 22.3 Å². The molecule has 2 aliphatic rings. The van der Waals surface area contributed by atoms with Crippen molar-refractivity contribution in [2.24, 2.45) is 0 Å². The summed E-state index contributed by atoms with van der Waals surface area (Å²) in [6, 6.07) is 5.54. The van der Waals surface area contributed by atoms with Crippen LogP contribution < -0.4 is 14.9 Å². The minimum Gasteiger partial charge on any atom is -0.508 e. The number of aliphatic hydroxyl groups is 5. The van der Waals surface area contributed by atoms with Crippen LogP contribution in [0.1, 0.15) is 6.92 Å². The van der Waals surface area contributed by atoms with Crippen molar-refractivity contribution in [2.45, 2.75) is 68.3 Å². The van der Waals surface area contributed by atoms with E-state index in [0.29, 0.717) is 0 Å². The first-order valence-corrected chi connectivity index (χ1v) is 15.4. The van der Waals surface area contributed by atoms with Gasteiger partial charge in [0.15, 0.2) is 23.5 Å². The summed E-state index contributed by atoms with van der Waals surface area (Å²) in [5.41, 5.74) is -1.37. The Hall–Kier alpha value is -3.80. The lowest BCUT2D eigenvalue weighted by Gasteiger charge is -2.43. The molecule has 0 amide bonds. The summed E-state index contributed by atoms with van der Waals surface area (Å²) in [6.45, 7) is 0.520. The number of benzene rings is 2. The molecular formula is C28H32O19S. The van der Waals surface area contributed by atoms with Crippen molar-refractivity contribution < 1.29 is 86.1 Å². The fourth-order valence-corrected chi connectivity index (χ4v) is 5.76. The average molecular weight is 705 g/mol. The number of aromatic hydroxyl groups is 3. The summed E-state index contributed by atoms with van der Waals surface area (Å²) in [5.74, 6) is -2.75. The Morgan fingerprint density at radius 2 is 1.54 bits per heavy atom. The average Bonchev–Trinajstić information content (AvgIpc) is 3.01. The topological polar surface area (TPSA) is 302 Å². The molecule has 1 aromatic heterocycles. The molecule has 0 spiro atoms. The van der Waals surface area contributed by atoms with Gasteiger partial charge in [0.05, 0.1) is 19.8 Å². The molecule has 19 nitrogen and oxygen atoms in total. The van der Waals surface area contributed by atoms with Crippen molar-refractivity contribution in [3.63, 3.8) is 0 Å². The Morgan fingerprint density at radius 3 is 2.21 bits per heavy atom. The Labute approximate surface area is 270 Å². The molecule has 2 saturated heterocycles. The van der Waals surface area contributed by atoms with Crippen molar-refractivity contribution in [3.8, 4) is 40.1 Å². The molecule has 20 heteroatoms. The molecular weight excluding hydrogens is 672 g/mol. The second-order valence-electron chi connectivity index (χ2n) is 11.0. The second kappa shape index (κ2) is 13.6. The lowest BCUT2D eigenvalue weighted by molar-refractivity contribution is -0.316. The Balaban J connectivity index is 1.54. The highest BCUT2D eigenvalue weighted by Crippen LogP contribution is 2.40. The van der Waals surface area contributed by atoms with Crippen molar-refractivity contribution in [1.82, 2.24) is 0 Å². The quantitative estimate of drug-likeness (QED) is 0.114. The first-order valence-electron chi connectivity index (χ1n) is 14.1. The number of fused-ring (bicyclic) bond motifs is 1. The second-order valence-corrected chi connectivity index (χ2v) is 12.0. The Kier molecular flexibility index (Phi) is 10.1. The predicted molar refractivity (Wildman–Crippen MR) is 155 cm³/mol. The van der Waals surface area contributed by atoms with E-state index in [1.54, 1.807) is 0 Å². The van der Waals surface area contributed by atoms with E-state index in [1.165, 1.54) is 32.2 Å². The maximum Gasteiger partial charge on any atom is 0.397 e.